The van der Waals surface area contributed by atoms with Gasteiger partial charge in [-0.15, -0.1) is 0 Å². The predicted molar refractivity (Wildman–Crippen MR) is 302 cm³/mol. The van der Waals surface area contributed by atoms with Crippen molar-refractivity contribution in [2.75, 3.05) is 13.2 Å². The van der Waals surface area contributed by atoms with E-state index in [2.05, 4.69) is 106 Å². The lowest BCUT2D eigenvalue weighted by Crippen LogP contribution is -2.30. The molecule has 0 amide bonds. The third-order valence-corrected chi connectivity index (χ3v) is 12.3. The van der Waals surface area contributed by atoms with E-state index < -0.39 is 12.1 Å². The van der Waals surface area contributed by atoms with Crippen LogP contribution < -0.4 is 0 Å². The summed E-state index contributed by atoms with van der Waals surface area (Å²) >= 11 is 0. The van der Waals surface area contributed by atoms with E-state index in [1.165, 1.54) is 135 Å². The van der Waals surface area contributed by atoms with Crippen molar-refractivity contribution in [2.45, 2.75) is 277 Å². The van der Waals surface area contributed by atoms with Crippen LogP contribution in [0.5, 0.6) is 0 Å². The van der Waals surface area contributed by atoms with Crippen molar-refractivity contribution in [3.8, 4) is 0 Å². The number of hydrogen-bond donors (Lipinski definition) is 0. The number of allylic oxidation sites excluding steroid dienone is 15. The molecule has 0 radical (unpaired) electrons. The van der Waals surface area contributed by atoms with Crippen LogP contribution in [0.15, 0.2) is 97.2 Å². The molecule has 0 saturated heterocycles. The van der Waals surface area contributed by atoms with E-state index in [9.17, 15) is 14.4 Å². The van der Waals surface area contributed by atoms with Crippen molar-refractivity contribution in [1.29, 1.82) is 0 Å². The van der Waals surface area contributed by atoms with Crippen molar-refractivity contribution in [2.24, 2.45) is 0 Å². The molecule has 1 unspecified atom stereocenters. The Kier molecular flexibility index (Phi) is 54.9. The molecule has 0 spiro atoms. The van der Waals surface area contributed by atoms with Gasteiger partial charge in [0.15, 0.2) is 6.10 Å². The molecule has 0 aliphatic rings. The number of ether oxygens (including phenoxy) is 3. The van der Waals surface area contributed by atoms with Gasteiger partial charge in [-0.25, -0.2) is 0 Å². The van der Waals surface area contributed by atoms with Gasteiger partial charge in [-0.2, -0.15) is 0 Å². The highest BCUT2D eigenvalue weighted by Crippen LogP contribution is 2.15. The molecule has 0 rings (SSSR count). The van der Waals surface area contributed by atoms with Crippen LogP contribution >= 0.6 is 0 Å². The first-order chi connectivity index (χ1) is 34.5. The van der Waals surface area contributed by atoms with Gasteiger partial charge in [0.25, 0.3) is 0 Å². The molecule has 0 fully saturated rings. The highest BCUT2D eigenvalue weighted by atomic mass is 16.6. The summed E-state index contributed by atoms with van der Waals surface area (Å²) in [7, 11) is 0. The zero-order chi connectivity index (χ0) is 50.7. The number of hydrogen-bond acceptors (Lipinski definition) is 6. The molecule has 0 aliphatic heterocycles. The summed E-state index contributed by atoms with van der Waals surface area (Å²) < 4.78 is 16.7. The Labute approximate surface area is 432 Å². The zero-order valence-electron chi connectivity index (χ0n) is 45.8. The standard InChI is InChI=1S/C64H108O6/c1-4-7-10-13-16-19-22-25-28-29-30-31-32-33-34-35-37-39-42-45-48-51-54-57-63(66)69-60-61(59-68-62(65)56-53-50-47-44-41-38-27-24-21-18-15-12-9-6-3)70-64(67)58-55-52-49-46-43-40-36-26-23-20-17-14-11-8-5-2/h8,11,15,17-18,20,24,26-27,29-30,36,43,46,52,55,61H,4-7,9-10,12-14,16,19,21-23,25,28,31-35,37-42,44-45,47-51,53-54,56-60H2,1-3H3/b11-8-,18-15-,20-17-,27-24-,30-29-,36-26-,46-43-,55-52-. The molecule has 0 aliphatic carbocycles. The quantitative estimate of drug-likeness (QED) is 0.0262. The smallest absolute Gasteiger partial charge is 0.310 e. The van der Waals surface area contributed by atoms with E-state index in [0.29, 0.717) is 12.8 Å². The van der Waals surface area contributed by atoms with E-state index in [1.54, 1.807) is 6.08 Å². The molecule has 6 heteroatoms. The highest BCUT2D eigenvalue weighted by Gasteiger charge is 2.19. The Bertz CT molecular complexity index is 1400. The second-order valence-corrected chi connectivity index (χ2v) is 19.2. The molecule has 1 atom stereocenters. The first-order valence-electron chi connectivity index (χ1n) is 29.2. The Balaban J connectivity index is 4.41. The highest BCUT2D eigenvalue weighted by molar-refractivity contribution is 5.72. The fraction of sp³-hybridized carbons (Fsp3) is 0.703. The lowest BCUT2D eigenvalue weighted by atomic mass is 10.0. The number of rotatable bonds is 52. The normalized spacial score (nSPS) is 12.8. The number of carbonyl (C=O) groups excluding carboxylic acids is 3. The topological polar surface area (TPSA) is 78.9 Å². The van der Waals surface area contributed by atoms with Gasteiger partial charge in [0.2, 0.25) is 0 Å². The predicted octanol–water partition coefficient (Wildman–Crippen LogP) is 19.7. The second-order valence-electron chi connectivity index (χ2n) is 19.2. The fourth-order valence-electron chi connectivity index (χ4n) is 7.94. The number of unbranched alkanes of at least 4 members (excludes halogenated alkanes) is 26. The van der Waals surface area contributed by atoms with Crippen molar-refractivity contribution in [1.82, 2.24) is 0 Å². The van der Waals surface area contributed by atoms with Crippen LogP contribution in [0.4, 0.5) is 0 Å². The van der Waals surface area contributed by atoms with Crippen molar-refractivity contribution in [3.63, 3.8) is 0 Å². The van der Waals surface area contributed by atoms with Gasteiger partial charge in [0.05, 0.1) is 6.42 Å². The molecule has 0 aromatic carbocycles. The minimum absolute atomic E-state index is 0.0924. The lowest BCUT2D eigenvalue weighted by Gasteiger charge is -2.18. The van der Waals surface area contributed by atoms with Gasteiger partial charge in [0, 0.05) is 12.8 Å². The van der Waals surface area contributed by atoms with Crippen LogP contribution in [0.25, 0.3) is 0 Å². The average molecular weight is 974 g/mol. The molecule has 0 aromatic heterocycles. The largest absolute Gasteiger partial charge is 0.462 e. The van der Waals surface area contributed by atoms with Gasteiger partial charge in [-0.3, -0.25) is 14.4 Å². The summed E-state index contributed by atoms with van der Waals surface area (Å²) in [5, 5.41) is 0. The maximum atomic E-state index is 12.8. The molecular weight excluding hydrogens is 865 g/mol. The van der Waals surface area contributed by atoms with Crippen molar-refractivity contribution in [3.05, 3.63) is 97.2 Å². The van der Waals surface area contributed by atoms with Gasteiger partial charge >= 0.3 is 17.9 Å². The minimum atomic E-state index is -0.839. The van der Waals surface area contributed by atoms with Crippen LogP contribution in [-0.2, 0) is 28.6 Å². The Morgan fingerprint density at radius 1 is 0.314 bits per heavy atom. The summed E-state index contributed by atoms with van der Waals surface area (Å²) in [5.74, 6) is -1.06. The molecule has 0 heterocycles. The van der Waals surface area contributed by atoms with E-state index in [4.69, 9.17) is 14.2 Å². The number of esters is 3. The maximum Gasteiger partial charge on any atom is 0.310 e. The van der Waals surface area contributed by atoms with Gasteiger partial charge in [-0.05, 0) is 96.3 Å². The summed E-state index contributed by atoms with van der Waals surface area (Å²) in [6.45, 7) is 6.40. The molecule has 0 saturated carbocycles. The van der Waals surface area contributed by atoms with Crippen molar-refractivity contribution < 1.29 is 28.6 Å². The monoisotopic (exact) mass is 973 g/mol. The van der Waals surface area contributed by atoms with Crippen molar-refractivity contribution >= 4 is 17.9 Å². The van der Waals surface area contributed by atoms with Gasteiger partial charge < -0.3 is 14.2 Å². The lowest BCUT2D eigenvalue weighted by molar-refractivity contribution is -0.166. The minimum Gasteiger partial charge on any atom is -0.462 e. The van der Waals surface area contributed by atoms with Crippen LogP contribution in [0.1, 0.15) is 271 Å². The Hall–Kier alpha value is -3.67. The van der Waals surface area contributed by atoms with E-state index in [1.807, 2.05) is 6.08 Å². The molecule has 0 aromatic rings. The SMILES string of the molecule is CC/C=C\C/C=C\C/C=C\C/C=C\C/C=C\CC(=O)OC(COC(=O)CCCCCCC/C=C\C/C=C\CCCC)COC(=O)CCCCCCCCCCCCC/C=C\CCCCCCCCCC. The maximum absolute atomic E-state index is 12.8. The Morgan fingerprint density at radius 3 is 1.00 bits per heavy atom. The van der Waals surface area contributed by atoms with Crippen LogP contribution in [-0.4, -0.2) is 37.2 Å². The summed E-state index contributed by atoms with van der Waals surface area (Å²) in [6.07, 6.45) is 77.2. The summed E-state index contributed by atoms with van der Waals surface area (Å²) in [4.78, 5) is 38.1. The van der Waals surface area contributed by atoms with Gasteiger partial charge in [0.1, 0.15) is 13.2 Å². The van der Waals surface area contributed by atoms with E-state index in [0.717, 1.165) is 96.3 Å². The fourth-order valence-corrected chi connectivity index (χ4v) is 7.94. The third-order valence-electron chi connectivity index (χ3n) is 12.3. The zero-order valence-corrected chi connectivity index (χ0v) is 45.8. The first-order valence-corrected chi connectivity index (χ1v) is 29.2. The third kappa shape index (κ3) is 55.3. The van der Waals surface area contributed by atoms with E-state index >= 15 is 0 Å². The van der Waals surface area contributed by atoms with Crippen LogP contribution in [0.3, 0.4) is 0 Å². The molecule has 0 bridgehead atoms. The molecule has 400 valence electrons. The summed E-state index contributed by atoms with van der Waals surface area (Å²) in [6, 6.07) is 0. The Morgan fingerprint density at radius 2 is 0.614 bits per heavy atom. The first kappa shape index (κ1) is 66.3. The van der Waals surface area contributed by atoms with Crippen LogP contribution in [0.2, 0.25) is 0 Å². The van der Waals surface area contributed by atoms with Gasteiger partial charge in [-0.1, -0.05) is 253 Å². The molecule has 0 N–H and O–H groups in total. The number of carbonyl (C=O) groups is 3. The molecular formula is C64H108O6. The second kappa shape index (κ2) is 57.9. The molecule has 6 nitrogen and oxygen atoms in total. The molecule has 70 heavy (non-hydrogen) atoms. The average Bonchev–Trinajstić information content (AvgIpc) is 3.36. The van der Waals surface area contributed by atoms with E-state index in [-0.39, 0.29) is 31.6 Å². The van der Waals surface area contributed by atoms with Crippen LogP contribution in [0, 0.1) is 0 Å². The summed E-state index contributed by atoms with van der Waals surface area (Å²) in [5.41, 5.74) is 0.